The van der Waals surface area contributed by atoms with Gasteiger partial charge in [0.2, 0.25) is 5.91 Å². The molecule has 1 N–H and O–H groups in total. The normalized spacial score (nSPS) is 15.4. The minimum atomic E-state index is -0.267. The van der Waals surface area contributed by atoms with Crippen molar-refractivity contribution in [3.8, 4) is 5.75 Å². The van der Waals surface area contributed by atoms with E-state index in [0.29, 0.717) is 22.8 Å². The third-order valence-electron chi connectivity index (χ3n) is 5.97. The van der Waals surface area contributed by atoms with Crippen LogP contribution in [0.2, 0.25) is 0 Å². The Labute approximate surface area is 205 Å². The number of nitrogens with zero attached hydrogens (tertiary/aromatic N) is 1. The van der Waals surface area contributed by atoms with Crippen LogP contribution in [0.5, 0.6) is 5.75 Å². The number of hydrogen-bond acceptors (Lipinski definition) is 4. The standard InChI is InChI=1S/C28H30N2O3S/c1-4-5-8-20-12-14-21(15-13-20)27(32)29-23-10-7-6-9-22(23)28-30(26(31)18-34-28)24-17-19(2)11-16-25(24)33-3/h6-7,9-17,28H,4-5,8,18H2,1-3H3,(H,29,32). The minimum absolute atomic E-state index is 0.0164. The first-order chi connectivity index (χ1) is 16.5. The van der Waals surface area contributed by atoms with E-state index in [1.807, 2.05) is 73.7 Å². The summed E-state index contributed by atoms with van der Waals surface area (Å²) in [6.45, 7) is 4.17. The Morgan fingerprint density at radius 1 is 1.12 bits per heavy atom. The van der Waals surface area contributed by atoms with Crippen molar-refractivity contribution in [3.63, 3.8) is 0 Å². The molecule has 0 radical (unpaired) electrons. The maximum atomic E-state index is 13.0. The molecule has 34 heavy (non-hydrogen) atoms. The smallest absolute Gasteiger partial charge is 0.255 e. The highest BCUT2D eigenvalue weighted by molar-refractivity contribution is 8.00. The molecule has 0 spiro atoms. The SMILES string of the molecule is CCCCc1ccc(C(=O)Nc2ccccc2C2SCC(=O)N2c2cc(C)ccc2OC)cc1. The lowest BCUT2D eigenvalue weighted by molar-refractivity contribution is -0.115. The predicted octanol–water partition coefficient (Wildman–Crippen LogP) is 6.38. The molecular weight excluding hydrogens is 444 g/mol. The average Bonchev–Trinajstić information content (AvgIpc) is 3.24. The van der Waals surface area contributed by atoms with Crippen molar-refractivity contribution in [2.24, 2.45) is 0 Å². The second-order valence-corrected chi connectivity index (χ2v) is 9.51. The van der Waals surface area contributed by atoms with E-state index >= 15 is 0 Å². The molecule has 1 heterocycles. The van der Waals surface area contributed by atoms with Crippen molar-refractivity contribution in [3.05, 3.63) is 89.0 Å². The van der Waals surface area contributed by atoms with Gasteiger partial charge < -0.3 is 10.1 Å². The topological polar surface area (TPSA) is 58.6 Å². The summed E-state index contributed by atoms with van der Waals surface area (Å²) >= 11 is 1.55. The van der Waals surface area contributed by atoms with E-state index in [-0.39, 0.29) is 17.2 Å². The number of thioether (sulfide) groups is 1. The van der Waals surface area contributed by atoms with Crippen LogP contribution in [0.4, 0.5) is 11.4 Å². The average molecular weight is 475 g/mol. The van der Waals surface area contributed by atoms with Crippen molar-refractivity contribution in [1.29, 1.82) is 0 Å². The number of aryl methyl sites for hydroxylation is 2. The third-order valence-corrected chi connectivity index (χ3v) is 7.17. The molecule has 3 aromatic carbocycles. The molecule has 0 aromatic heterocycles. The fourth-order valence-electron chi connectivity index (χ4n) is 4.13. The molecule has 1 unspecified atom stereocenters. The second-order valence-electron chi connectivity index (χ2n) is 8.44. The Kier molecular flexibility index (Phi) is 7.58. The van der Waals surface area contributed by atoms with E-state index in [4.69, 9.17) is 4.74 Å². The van der Waals surface area contributed by atoms with E-state index in [1.54, 1.807) is 23.8 Å². The van der Waals surface area contributed by atoms with Gasteiger partial charge in [-0.3, -0.25) is 14.5 Å². The molecule has 0 aliphatic carbocycles. The maximum absolute atomic E-state index is 13.0. The largest absolute Gasteiger partial charge is 0.495 e. The lowest BCUT2D eigenvalue weighted by Crippen LogP contribution is -2.29. The molecule has 0 bridgehead atoms. The van der Waals surface area contributed by atoms with E-state index < -0.39 is 0 Å². The number of unbranched alkanes of at least 4 members (excludes halogenated alkanes) is 1. The first kappa shape index (κ1) is 23.9. The number of benzene rings is 3. The minimum Gasteiger partial charge on any atom is -0.495 e. The van der Waals surface area contributed by atoms with E-state index in [1.165, 1.54) is 5.56 Å². The molecule has 2 amide bonds. The van der Waals surface area contributed by atoms with Gasteiger partial charge in [-0.05, 0) is 61.2 Å². The summed E-state index contributed by atoms with van der Waals surface area (Å²) in [6.07, 6.45) is 3.30. The van der Waals surface area contributed by atoms with Gasteiger partial charge in [0, 0.05) is 16.8 Å². The molecule has 1 saturated heterocycles. The Hall–Kier alpha value is -3.25. The predicted molar refractivity (Wildman–Crippen MR) is 140 cm³/mol. The number of carbonyl (C=O) groups is 2. The van der Waals surface area contributed by atoms with E-state index in [0.717, 1.165) is 36.1 Å². The van der Waals surface area contributed by atoms with Crippen LogP contribution in [0.15, 0.2) is 66.7 Å². The number of hydrogen-bond donors (Lipinski definition) is 1. The molecule has 5 nitrogen and oxygen atoms in total. The van der Waals surface area contributed by atoms with Gasteiger partial charge in [0.25, 0.3) is 5.91 Å². The highest BCUT2D eigenvalue weighted by Crippen LogP contribution is 2.46. The van der Waals surface area contributed by atoms with Gasteiger partial charge in [0.15, 0.2) is 0 Å². The second kappa shape index (κ2) is 10.8. The summed E-state index contributed by atoms with van der Waals surface area (Å²) in [5.41, 5.74) is 5.22. The van der Waals surface area contributed by atoms with Crippen molar-refractivity contribution in [1.82, 2.24) is 0 Å². The van der Waals surface area contributed by atoms with Crippen LogP contribution in [0.3, 0.4) is 0 Å². The molecule has 1 aliphatic heterocycles. The molecule has 1 aliphatic rings. The first-order valence-corrected chi connectivity index (χ1v) is 12.6. The van der Waals surface area contributed by atoms with Crippen LogP contribution >= 0.6 is 11.8 Å². The van der Waals surface area contributed by atoms with Crippen LogP contribution < -0.4 is 15.0 Å². The zero-order valence-electron chi connectivity index (χ0n) is 19.8. The number of carbonyl (C=O) groups excluding carboxylic acids is 2. The quantitative estimate of drug-likeness (QED) is 0.412. The van der Waals surface area contributed by atoms with Crippen LogP contribution in [-0.4, -0.2) is 24.7 Å². The summed E-state index contributed by atoms with van der Waals surface area (Å²) in [6, 6.07) is 21.3. The zero-order chi connectivity index (χ0) is 24.1. The molecule has 0 saturated carbocycles. The van der Waals surface area contributed by atoms with Gasteiger partial charge in [-0.15, -0.1) is 11.8 Å². The van der Waals surface area contributed by atoms with Crippen molar-refractivity contribution >= 4 is 35.0 Å². The van der Waals surface area contributed by atoms with Crippen LogP contribution in [0.25, 0.3) is 0 Å². The zero-order valence-corrected chi connectivity index (χ0v) is 20.7. The number of para-hydroxylation sites is 1. The highest BCUT2D eigenvalue weighted by atomic mass is 32.2. The number of ether oxygens (including phenoxy) is 1. The first-order valence-electron chi connectivity index (χ1n) is 11.6. The van der Waals surface area contributed by atoms with Gasteiger partial charge >= 0.3 is 0 Å². The lowest BCUT2D eigenvalue weighted by atomic mass is 10.1. The third kappa shape index (κ3) is 5.12. The molecule has 4 rings (SSSR count). The summed E-state index contributed by atoms with van der Waals surface area (Å²) < 4.78 is 5.56. The summed E-state index contributed by atoms with van der Waals surface area (Å²) in [5, 5.41) is 2.80. The molecule has 176 valence electrons. The molecule has 1 fully saturated rings. The lowest BCUT2D eigenvalue weighted by Gasteiger charge is -2.27. The van der Waals surface area contributed by atoms with Gasteiger partial charge in [-0.2, -0.15) is 0 Å². The van der Waals surface area contributed by atoms with Crippen LogP contribution in [-0.2, 0) is 11.2 Å². The van der Waals surface area contributed by atoms with Gasteiger partial charge in [-0.1, -0.05) is 49.7 Å². The van der Waals surface area contributed by atoms with Crippen molar-refractivity contribution in [2.45, 2.75) is 38.5 Å². The van der Waals surface area contributed by atoms with Gasteiger partial charge in [-0.25, -0.2) is 0 Å². The molecular formula is C28H30N2O3S. The monoisotopic (exact) mass is 474 g/mol. The number of rotatable bonds is 8. The van der Waals surface area contributed by atoms with Crippen LogP contribution in [0.1, 0.15) is 52.2 Å². The Morgan fingerprint density at radius 3 is 2.62 bits per heavy atom. The summed E-state index contributed by atoms with van der Waals surface area (Å²) in [4.78, 5) is 27.8. The van der Waals surface area contributed by atoms with Gasteiger partial charge in [0.05, 0.1) is 18.6 Å². The molecule has 6 heteroatoms. The number of anilines is 2. The molecule has 1 atom stereocenters. The van der Waals surface area contributed by atoms with E-state index in [2.05, 4.69) is 12.2 Å². The van der Waals surface area contributed by atoms with Crippen molar-refractivity contribution in [2.75, 3.05) is 23.1 Å². The van der Waals surface area contributed by atoms with E-state index in [9.17, 15) is 9.59 Å². The maximum Gasteiger partial charge on any atom is 0.255 e. The number of methoxy groups -OCH3 is 1. The number of amides is 2. The Morgan fingerprint density at radius 2 is 1.88 bits per heavy atom. The summed E-state index contributed by atoms with van der Waals surface area (Å²) in [5.74, 6) is 0.867. The summed E-state index contributed by atoms with van der Waals surface area (Å²) in [7, 11) is 1.61. The Balaban J connectivity index is 1.61. The van der Waals surface area contributed by atoms with Gasteiger partial charge in [0.1, 0.15) is 11.1 Å². The highest BCUT2D eigenvalue weighted by Gasteiger charge is 2.37. The fourth-order valence-corrected chi connectivity index (χ4v) is 5.33. The van der Waals surface area contributed by atoms with Crippen molar-refractivity contribution < 1.29 is 14.3 Å². The number of nitrogens with one attached hydrogen (secondary N) is 1. The molecule has 3 aromatic rings. The Bertz CT molecular complexity index is 1180. The fraction of sp³-hybridized carbons (Fsp3) is 0.286. The van der Waals surface area contributed by atoms with Crippen LogP contribution in [0, 0.1) is 6.92 Å².